The van der Waals surface area contributed by atoms with Crippen LogP contribution in [0.1, 0.15) is 22.6 Å². The number of aromatic amines is 1. The Morgan fingerprint density at radius 1 is 1.04 bits per heavy atom. The van der Waals surface area contributed by atoms with Gasteiger partial charge in [0.05, 0.1) is 12.0 Å². The summed E-state index contributed by atoms with van der Waals surface area (Å²) in [5, 5.41) is 2.95. The largest absolute Gasteiger partial charge is 0.352 e. The minimum atomic E-state index is -0.0687. The van der Waals surface area contributed by atoms with Crippen LogP contribution in [0.25, 0.3) is 16.9 Å². The van der Waals surface area contributed by atoms with Gasteiger partial charge in [0.15, 0.2) is 0 Å². The second kappa shape index (κ2) is 8.35. The number of aromatic nitrogens is 4. The number of imidazole rings is 2. The summed E-state index contributed by atoms with van der Waals surface area (Å²) in [4.78, 5) is 24.0. The molecule has 0 saturated heterocycles. The van der Waals surface area contributed by atoms with Crippen LogP contribution >= 0.6 is 0 Å². The minimum Gasteiger partial charge on any atom is -0.352 e. The van der Waals surface area contributed by atoms with Gasteiger partial charge < -0.3 is 14.9 Å². The molecule has 4 rings (SSSR count). The number of H-pyrrole nitrogens is 1. The summed E-state index contributed by atoms with van der Waals surface area (Å²) in [5.74, 6) is 0.870. The van der Waals surface area contributed by atoms with Gasteiger partial charge in [0, 0.05) is 48.4 Å². The number of rotatable bonds is 7. The molecule has 4 aromatic rings. The standard InChI is InChI=1S/C22H21N5O/c28-22(25-12-4-7-21-23-13-14-24-21)18-10-8-17(9-11-18)20-15-27(16-26-20)19-5-2-1-3-6-19/h1-3,5-6,8-11,13-16H,4,7,12H2,(H,23,24)(H,25,28). The molecule has 0 aliphatic carbocycles. The highest BCUT2D eigenvalue weighted by Gasteiger charge is 2.08. The molecule has 140 valence electrons. The van der Waals surface area contributed by atoms with E-state index in [1.807, 2.05) is 65.4 Å². The van der Waals surface area contributed by atoms with Crippen molar-refractivity contribution < 1.29 is 4.79 Å². The molecular weight excluding hydrogens is 350 g/mol. The lowest BCUT2D eigenvalue weighted by Crippen LogP contribution is -2.24. The lowest BCUT2D eigenvalue weighted by molar-refractivity contribution is 0.0953. The second-order valence-electron chi connectivity index (χ2n) is 6.47. The van der Waals surface area contributed by atoms with Gasteiger partial charge in [-0.05, 0) is 30.7 Å². The van der Waals surface area contributed by atoms with Gasteiger partial charge in [0.1, 0.15) is 5.82 Å². The van der Waals surface area contributed by atoms with E-state index in [1.54, 1.807) is 18.7 Å². The van der Waals surface area contributed by atoms with E-state index in [0.29, 0.717) is 12.1 Å². The average molecular weight is 371 g/mol. The maximum Gasteiger partial charge on any atom is 0.251 e. The summed E-state index contributed by atoms with van der Waals surface area (Å²) in [7, 11) is 0. The Morgan fingerprint density at radius 3 is 2.61 bits per heavy atom. The van der Waals surface area contributed by atoms with E-state index in [-0.39, 0.29) is 5.91 Å². The summed E-state index contributed by atoms with van der Waals surface area (Å²) < 4.78 is 1.98. The Morgan fingerprint density at radius 2 is 1.86 bits per heavy atom. The van der Waals surface area contributed by atoms with Crippen molar-refractivity contribution in [3.05, 3.63) is 90.9 Å². The van der Waals surface area contributed by atoms with Gasteiger partial charge in [0.25, 0.3) is 5.91 Å². The van der Waals surface area contributed by atoms with Crippen LogP contribution in [0.4, 0.5) is 0 Å². The summed E-state index contributed by atoms with van der Waals surface area (Å²) in [6, 6.07) is 17.6. The zero-order chi connectivity index (χ0) is 19.2. The number of para-hydroxylation sites is 1. The fourth-order valence-electron chi connectivity index (χ4n) is 3.00. The normalized spacial score (nSPS) is 10.7. The summed E-state index contributed by atoms with van der Waals surface area (Å²) in [5.41, 5.74) is 3.55. The van der Waals surface area contributed by atoms with Gasteiger partial charge in [-0.25, -0.2) is 9.97 Å². The molecule has 1 amide bonds. The number of benzene rings is 2. The van der Waals surface area contributed by atoms with Crippen LogP contribution in [-0.4, -0.2) is 32.0 Å². The van der Waals surface area contributed by atoms with Gasteiger partial charge in [0.2, 0.25) is 0 Å². The zero-order valence-corrected chi connectivity index (χ0v) is 15.4. The van der Waals surface area contributed by atoms with E-state index >= 15 is 0 Å². The molecule has 0 aliphatic rings. The van der Waals surface area contributed by atoms with E-state index < -0.39 is 0 Å². The van der Waals surface area contributed by atoms with Crippen molar-refractivity contribution in [3.8, 4) is 16.9 Å². The van der Waals surface area contributed by atoms with Crippen molar-refractivity contribution in [1.29, 1.82) is 0 Å². The van der Waals surface area contributed by atoms with E-state index in [1.165, 1.54) is 0 Å². The molecule has 0 spiro atoms. The number of carbonyl (C=O) groups excluding carboxylic acids is 1. The molecular formula is C22H21N5O. The van der Waals surface area contributed by atoms with Gasteiger partial charge in [-0.3, -0.25) is 4.79 Å². The predicted molar refractivity (Wildman–Crippen MR) is 108 cm³/mol. The van der Waals surface area contributed by atoms with Crippen LogP contribution in [0.15, 0.2) is 79.5 Å². The number of hydrogen-bond donors (Lipinski definition) is 2. The molecule has 0 atom stereocenters. The van der Waals surface area contributed by atoms with Crippen LogP contribution in [0.2, 0.25) is 0 Å². The molecule has 6 heteroatoms. The number of amides is 1. The number of nitrogens with zero attached hydrogens (tertiary/aromatic N) is 3. The van der Waals surface area contributed by atoms with Gasteiger partial charge in [-0.1, -0.05) is 30.3 Å². The van der Waals surface area contributed by atoms with Crippen LogP contribution in [0.5, 0.6) is 0 Å². The quantitative estimate of drug-likeness (QED) is 0.487. The average Bonchev–Trinajstić information content (AvgIpc) is 3.44. The van der Waals surface area contributed by atoms with Crippen molar-refractivity contribution in [2.75, 3.05) is 6.54 Å². The lowest BCUT2D eigenvalue weighted by Gasteiger charge is -2.05. The van der Waals surface area contributed by atoms with Crippen molar-refractivity contribution in [1.82, 2.24) is 24.8 Å². The first-order valence-corrected chi connectivity index (χ1v) is 9.26. The number of aryl methyl sites for hydroxylation is 1. The first-order chi connectivity index (χ1) is 13.8. The summed E-state index contributed by atoms with van der Waals surface area (Å²) in [6.45, 7) is 0.614. The van der Waals surface area contributed by atoms with Crippen molar-refractivity contribution >= 4 is 5.91 Å². The highest BCUT2D eigenvalue weighted by Crippen LogP contribution is 2.19. The zero-order valence-electron chi connectivity index (χ0n) is 15.4. The maximum atomic E-state index is 12.3. The molecule has 0 saturated carbocycles. The van der Waals surface area contributed by atoms with Crippen LogP contribution in [0.3, 0.4) is 0 Å². The molecule has 2 N–H and O–H groups in total. The smallest absolute Gasteiger partial charge is 0.251 e. The fourth-order valence-corrected chi connectivity index (χ4v) is 3.00. The number of carbonyl (C=O) groups is 1. The Labute approximate surface area is 163 Å². The molecule has 0 fully saturated rings. The topological polar surface area (TPSA) is 75.6 Å². The van der Waals surface area contributed by atoms with E-state index in [2.05, 4.69) is 20.3 Å². The van der Waals surface area contributed by atoms with Gasteiger partial charge >= 0.3 is 0 Å². The number of hydrogen-bond acceptors (Lipinski definition) is 3. The highest BCUT2D eigenvalue weighted by atomic mass is 16.1. The van der Waals surface area contributed by atoms with E-state index in [4.69, 9.17) is 0 Å². The lowest BCUT2D eigenvalue weighted by atomic mass is 10.1. The Hall–Kier alpha value is -3.67. The third kappa shape index (κ3) is 4.17. The molecule has 0 unspecified atom stereocenters. The Balaban J connectivity index is 1.34. The Bertz CT molecular complexity index is 1020. The van der Waals surface area contributed by atoms with Gasteiger partial charge in [-0.2, -0.15) is 0 Å². The molecule has 0 aliphatic heterocycles. The van der Waals surface area contributed by atoms with E-state index in [9.17, 15) is 4.79 Å². The molecule has 28 heavy (non-hydrogen) atoms. The molecule has 2 aromatic carbocycles. The van der Waals surface area contributed by atoms with Crippen LogP contribution in [-0.2, 0) is 6.42 Å². The second-order valence-corrected chi connectivity index (χ2v) is 6.47. The predicted octanol–water partition coefficient (Wildman–Crippen LogP) is 3.63. The van der Waals surface area contributed by atoms with Gasteiger partial charge in [-0.15, -0.1) is 0 Å². The van der Waals surface area contributed by atoms with Crippen LogP contribution < -0.4 is 5.32 Å². The molecule has 0 bridgehead atoms. The first kappa shape index (κ1) is 17.7. The first-order valence-electron chi connectivity index (χ1n) is 9.26. The monoisotopic (exact) mass is 371 g/mol. The third-order valence-corrected chi connectivity index (χ3v) is 4.51. The maximum absolute atomic E-state index is 12.3. The molecule has 0 radical (unpaired) electrons. The highest BCUT2D eigenvalue weighted by molar-refractivity contribution is 5.94. The van der Waals surface area contributed by atoms with Crippen molar-refractivity contribution in [2.45, 2.75) is 12.8 Å². The van der Waals surface area contributed by atoms with Crippen molar-refractivity contribution in [2.24, 2.45) is 0 Å². The molecule has 2 aromatic heterocycles. The van der Waals surface area contributed by atoms with E-state index in [0.717, 1.165) is 35.6 Å². The molecule has 2 heterocycles. The SMILES string of the molecule is O=C(NCCCc1ncc[nH]1)c1ccc(-c2cn(-c3ccccc3)cn2)cc1. The Kier molecular flexibility index (Phi) is 5.29. The third-order valence-electron chi connectivity index (χ3n) is 4.51. The molecule has 6 nitrogen and oxygen atoms in total. The minimum absolute atomic E-state index is 0.0687. The summed E-state index contributed by atoms with van der Waals surface area (Å²) in [6.07, 6.45) is 8.98. The van der Waals surface area contributed by atoms with Crippen LogP contribution in [0, 0.1) is 0 Å². The van der Waals surface area contributed by atoms with Crippen molar-refractivity contribution in [3.63, 3.8) is 0 Å². The fraction of sp³-hybridized carbons (Fsp3) is 0.136. The number of nitrogens with one attached hydrogen (secondary N) is 2. The summed E-state index contributed by atoms with van der Waals surface area (Å²) >= 11 is 0.